The maximum Gasteiger partial charge on any atom is 0.0575 e. The number of rotatable bonds is 6. The maximum absolute atomic E-state index is 4.64. The van der Waals surface area contributed by atoms with Gasteiger partial charge in [-0.3, -0.25) is 9.88 Å². The van der Waals surface area contributed by atoms with Crippen LogP contribution < -0.4 is 5.32 Å². The average Bonchev–Trinajstić information content (AvgIpc) is 2.54. The summed E-state index contributed by atoms with van der Waals surface area (Å²) in [6.45, 7) is 12.4. The Labute approximate surface area is 130 Å². The van der Waals surface area contributed by atoms with E-state index in [0.717, 1.165) is 32.0 Å². The molecule has 3 atom stereocenters. The van der Waals surface area contributed by atoms with Crippen molar-refractivity contribution in [2.45, 2.75) is 65.6 Å². The Hall–Kier alpha value is -0.930. The summed E-state index contributed by atoms with van der Waals surface area (Å²) < 4.78 is 0. The highest BCUT2D eigenvalue weighted by molar-refractivity contribution is 5.19. The molecule has 3 nitrogen and oxygen atoms in total. The Morgan fingerprint density at radius 3 is 2.86 bits per heavy atom. The standard InChI is InChI=1S/C18H31N3/c1-5-14(4)17-12-21(16(7-3)11-20-17)13-18-15(6-2)9-8-10-19-18/h8-10,14,16-17,20H,5-7,11-13H2,1-4H3. The van der Waals surface area contributed by atoms with Crippen LogP contribution in [0.25, 0.3) is 0 Å². The summed E-state index contributed by atoms with van der Waals surface area (Å²) in [5.74, 6) is 0.736. The van der Waals surface area contributed by atoms with Gasteiger partial charge in [0, 0.05) is 37.9 Å². The molecule has 0 spiro atoms. The SMILES string of the molecule is CCc1cccnc1CN1CC(C(C)CC)NCC1CC. The molecule has 1 N–H and O–H groups in total. The van der Waals surface area contributed by atoms with Crippen LogP contribution in [0.2, 0.25) is 0 Å². The third-order valence-electron chi connectivity index (χ3n) is 5.08. The first-order valence-corrected chi connectivity index (χ1v) is 8.59. The predicted octanol–water partition coefficient (Wildman–Crippen LogP) is 3.24. The summed E-state index contributed by atoms with van der Waals surface area (Å²) >= 11 is 0. The van der Waals surface area contributed by atoms with Crippen molar-refractivity contribution in [3.63, 3.8) is 0 Å². The summed E-state index contributed by atoms with van der Waals surface area (Å²) in [6, 6.07) is 5.53. The maximum atomic E-state index is 4.64. The lowest BCUT2D eigenvalue weighted by Crippen LogP contribution is -2.57. The van der Waals surface area contributed by atoms with Gasteiger partial charge in [0.2, 0.25) is 0 Å². The molecule has 0 radical (unpaired) electrons. The monoisotopic (exact) mass is 289 g/mol. The zero-order valence-corrected chi connectivity index (χ0v) is 14.1. The number of piperazine rings is 1. The Kier molecular flexibility index (Phi) is 6.19. The molecular formula is C18H31N3. The number of hydrogen-bond donors (Lipinski definition) is 1. The number of aryl methyl sites for hydroxylation is 1. The van der Waals surface area contributed by atoms with Gasteiger partial charge in [-0.25, -0.2) is 0 Å². The molecular weight excluding hydrogens is 258 g/mol. The van der Waals surface area contributed by atoms with Crippen LogP contribution in [0.3, 0.4) is 0 Å². The Balaban J connectivity index is 2.10. The van der Waals surface area contributed by atoms with Crippen molar-refractivity contribution >= 4 is 0 Å². The zero-order valence-electron chi connectivity index (χ0n) is 14.1. The van der Waals surface area contributed by atoms with E-state index in [1.807, 2.05) is 6.20 Å². The Bertz CT molecular complexity index is 432. The van der Waals surface area contributed by atoms with Crippen molar-refractivity contribution in [2.75, 3.05) is 13.1 Å². The molecule has 1 saturated heterocycles. The van der Waals surface area contributed by atoms with Gasteiger partial charge in [0.25, 0.3) is 0 Å². The third kappa shape index (κ3) is 4.04. The smallest absolute Gasteiger partial charge is 0.0575 e. The van der Waals surface area contributed by atoms with E-state index in [1.165, 1.54) is 24.1 Å². The fraction of sp³-hybridized carbons (Fsp3) is 0.722. The molecule has 1 fully saturated rings. The van der Waals surface area contributed by atoms with Crippen molar-refractivity contribution in [2.24, 2.45) is 5.92 Å². The van der Waals surface area contributed by atoms with Crippen molar-refractivity contribution in [3.8, 4) is 0 Å². The molecule has 2 rings (SSSR count). The lowest BCUT2D eigenvalue weighted by molar-refractivity contribution is 0.0978. The lowest BCUT2D eigenvalue weighted by atomic mass is 9.94. The van der Waals surface area contributed by atoms with Crippen molar-refractivity contribution < 1.29 is 0 Å². The van der Waals surface area contributed by atoms with Gasteiger partial charge >= 0.3 is 0 Å². The normalized spacial score (nSPS) is 25.0. The molecule has 1 aliphatic heterocycles. The second-order valence-corrected chi connectivity index (χ2v) is 6.35. The highest BCUT2D eigenvalue weighted by Gasteiger charge is 2.29. The molecule has 0 amide bonds. The lowest BCUT2D eigenvalue weighted by Gasteiger charge is -2.42. The fourth-order valence-electron chi connectivity index (χ4n) is 3.27. The second-order valence-electron chi connectivity index (χ2n) is 6.35. The van der Waals surface area contributed by atoms with Gasteiger partial charge in [-0.2, -0.15) is 0 Å². The largest absolute Gasteiger partial charge is 0.311 e. The Morgan fingerprint density at radius 1 is 1.38 bits per heavy atom. The first-order chi connectivity index (χ1) is 10.2. The minimum absolute atomic E-state index is 0.617. The predicted molar refractivity (Wildman–Crippen MR) is 89.3 cm³/mol. The summed E-state index contributed by atoms with van der Waals surface area (Å²) in [5.41, 5.74) is 2.66. The highest BCUT2D eigenvalue weighted by Crippen LogP contribution is 2.20. The van der Waals surface area contributed by atoms with Gasteiger partial charge in [-0.1, -0.05) is 40.2 Å². The fourth-order valence-corrected chi connectivity index (χ4v) is 3.27. The van der Waals surface area contributed by atoms with Crippen molar-refractivity contribution in [1.82, 2.24) is 15.2 Å². The van der Waals surface area contributed by atoms with Crippen LogP contribution in [-0.2, 0) is 13.0 Å². The van der Waals surface area contributed by atoms with E-state index in [9.17, 15) is 0 Å². The zero-order chi connectivity index (χ0) is 15.2. The van der Waals surface area contributed by atoms with Crippen LogP contribution in [0.1, 0.15) is 51.8 Å². The number of hydrogen-bond acceptors (Lipinski definition) is 3. The van der Waals surface area contributed by atoms with E-state index in [1.54, 1.807) is 0 Å². The molecule has 0 bridgehead atoms. The minimum atomic E-state index is 0.617. The van der Waals surface area contributed by atoms with E-state index in [4.69, 9.17) is 0 Å². The van der Waals surface area contributed by atoms with Gasteiger partial charge in [-0.15, -0.1) is 0 Å². The molecule has 118 valence electrons. The number of pyridine rings is 1. The molecule has 21 heavy (non-hydrogen) atoms. The van der Waals surface area contributed by atoms with Gasteiger partial charge in [-0.05, 0) is 30.4 Å². The Morgan fingerprint density at radius 2 is 2.19 bits per heavy atom. The van der Waals surface area contributed by atoms with Crippen LogP contribution in [0.15, 0.2) is 18.3 Å². The number of nitrogens with zero attached hydrogens (tertiary/aromatic N) is 2. The minimum Gasteiger partial charge on any atom is -0.311 e. The molecule has 0 aromatic carbocycles. The van der Waals surface area contributed by atoms with Crippen molar-refractivity contribution in [3.05, 3.63) is 29.6 Å². The first kappa shape index (κ1) is 16.4. The van der Waals surface area contributed by atoms with Gasteiger partial charge in [0.15, 0.2) is 0 Å². The summed E-state index contributed by atoms with van der Waals surface area (Å²) in [6.07, 6.45) is 5.45. The molecule has 0 saturated carbocycles. The third-order valence-corrected chi connectivity index (χ3v) is 5.08. The quantitative estimate of drug-likeness (QED) is 0.871. The van der Waals surface area contributed by atoms with Crippen LogP contribution in [0.4, 0.5) is 0 Å². The summed E-state index contributed by atoms with van der Waals surface area (Å²) in [5, 5.41) is 3.75. The molecule has 2 heterocycles. The van der Waals surface area contributed by atoms with Gasteiger partial charge in [0.05, 0.1) is 5.69 Å². The highest BCUT2D eigenvalue weighted by atomic mass is 15.2. The van der Waals surface area contributed by atoms with E-state index in [2.05, 4.69) is 55.0 Å². The van der Waals surface area contributed by atoms with E-state index in [0.29, 0.717) is 12.1 Å². The number of nitrogens with one attached hydrogen (secondary N) is 1. The van der Waals surface area contributed by atoms with Crippen molar-refractivity contribution in [1.29, 1.82) is 0 Å². The van der Waals surface area contributed by atoms with Crippen LogP contribution in [0, 0.1) is 5.92 Å². The molecule has 0 aliphatic carbocycles. The van der Waals surface area contributed by atoms with Gasteiger partial charge in [0.1, 0.15) is 0 Å². The van der Waals surface area contributed by atoms with Gasteiger partial charge < -0.3 is 5.32 Å². The van der Waals surface area contributed by atoms with E-state index < -0.39 is 0 Å². The average molecular weight is 289 g/mol. The van der Waals surface area contributed by atoms with Crippen LogP contribution >= 0.6 is 0 Å². The second kappa shape index (κ2) is 7.90. The van der Waals surface area contributed by atoms with E-state index in [-0.39, 0.29) is 0 Å². The molecule has 1 aromatic rings. The topological polar surface area (TPSA) is 28.2 Å². The number of aromatic nitrogens is 1. The van der Waals surface area contributed by atoms with Crippen LogP contribution in [-0.4, -0.2) is 35.1 Å². The molecule has 1 aromatic heterocycles. The van der Waals surface area contributed by atoms with Crippen LogP contribution in [0.5, 0.6) is 0 Å². The molecule has 3 heteroatoms. The summed E-state index contributed by atoms with van der Waals surface area (Å²) in [7, 11) is 0. The molecule has 3 unspecified atom stereocenters. The van der Waals surface area contributed by atoms with E-state index >= 15 is 0 Å². The summed E-state index contributed by atoms with van der Waals surface area (Å²) in [4.78, 5) is 7.29. The first-order valence-electron chi connectivity index (χ1n) is 8.59. The molecule has 1 aliphatic rings.